The molecule has 0 heterocycles. The van der Waals surface area contributed by atoms with Crippen molar-refractivity contribution in [2.75, 3.05) is 19.6 Å². The summed E-state index contributed by atoms with van der Waals surface area (Å²) in [5, 5.41) is 18.9. The van der Waals surface area contributed by atoms with Gasteiger partial charge in [-0.1, -0.05) is 12.2 Å². The molecule has 0 saturated carbocycles. The molecule has 94 valence electrons. The van der Waals surface area contributed by atoms with E-state index in [1.807, 2.05) is 13.8 Å². The van der Waals surface area contributed by atoms with Gasteiger partial charge in [0.25, 0.3) is 0 Å². The summed E-state index contributed by atoms with van der Waals surface area (Å²) >= 11 is 0. The fourth-order valence-corrected chi connectivity index (χ4v) is 2.54. The van der Waals surface area contributed by atoms with Gasteiger partial charge in [0.15, 0.2) is 0 Å². The van der Waals surface area contributed by atoms with Crippen LogP contribution in [0.3, 0.4) is 0 Å². The van der Waals surface area contributed by atoms with Crippen LogP contribution in [-0.4, -0.2) is 42.1 Å². The summed E-state index contributed by atoms with van der Waals surface area (Å²) < 4.78 is 0. The van der Waals surface area contributed by atoms with Crippen LogP contribution in [-0.2, 0) is 0 Å². The standard InChI is InChI=1S/C13H25NO2/c1-11(15)8-14(9-12(2)16)10-13-6-4-3-5-7-13/h3-4,11-13,15-16H,5-10H2,1-2H3/p+1/t11-,12+,13-/m1/s1. The first-order chi connectivity index (χ1) is 7.58. The van der Waals surface area contributed by atoms with Crippen LogP contribution in [0.15, 0.2) is 12.2 Å². The van der Waals surface area contributed by atoms with Crippen molar-refractivity contribution in [2.45, 2.75) is 45.3 Å². The van der Waals surface area contributed by atoms with E-state index in [2.05, 4.69) is 12.2 Å². The van der Waals surface area contributed by atoms with Crippen molar-refractivity contribution in [1.29, 1.82) is 0 Å². The second-order valence-electron chi connectivity index (χ2n) is 5.21. The summed E-state index contributed by atoms with van der Waals surface area (Å²) in [4.78, 5) is 1.32. The summed E-state index contributed by atoms with van der Waals surface area (Å²) in [6.07, 6.45) is 7.53. The van der Waals surface area contributed by atoms with E-state index >= 15 is 0 Å². The number of aliphatic hydroxyl groups is 2. The van der Waals surface area contributed by atoms with Gasteiger partial charge in [-0.25, -0.2) is 0 Å². The molecule has 0 radical (unpaired) electrons. The normalized spacial score (nSPS) is 26.4. The van der Waals surface area contributed by atoms with E-state index < -0.39 is 0 Å². The second-order valence-corrected chi connectivity index (χ2v) is 5.21. The molecule has 1 aliphatic carbocycles. The molecule has 16 heavy (non-hydrogen) atoms. The maximum atomic E-state index is 9.45. The van der Waals surface area contributed by atoms with Gasteiger partial charge in [0, 0.05) is 5.92 Å². The smallest absolute Gasteiger partial charge is 0.103 e. The Bertz CT molecular complexity index is 204. The molecule has 1 aliphatic rings. The minimum atomic E-state index is -0.284. The number of hydrogen-bond donors (Lipinski definition) is 3. The second kappa shape index (κ2) is 7.05. The lowest BCUT2D eigenvalue weighted by atomic mass is 9.94. The van der Waals surface area contributed by atoms with E-state index in [1.54, 1.807) is 0 Å². The van der Waals surface area contributed by atoms with Crippen molar-refractivity contribution in [2.24, 2.45) is 5.92 Å². The average molecular weight is 228 g/mol. The molecule has 3 heteroatoms. The predicted molar refractivity (Wildman–Crippen MR) is 65.4 cm³/mol. The Hall–Kier alpha value is -0.380. The molecule has 1 rings (SSSR count). The Labute approximate surface area is 98.8 Å². The molecular formula is C13H26NO2+. The highest BCUT2D eigenvalue weighted by atomic mass is 16.3. The van der Waals surface area contributed by atoms with Crippen LogP contribution in [0.2, 0.25) is 0 Å². The molecule has 0 aliphatic heterocycles. The number of hydrogen-bond acceptors (Lipinski definition) is 2. The minimum Gasteiger partial charge on any atom is -0.388 e. The molecule has 0 bridgehead atoms. The van der Waals surface area contributed by atoms with Crippen LogP contribution in [0.1, 0.15) is 33.1 Å². The van der Waals surface area contributed by atoms with Gasteiger partial charge in [0.05, 0.1) is 6.54 Å². The Balaban J connectivity index is 2.38. The molecule has 3 N–H and O–H groups in total. The average Bonchev–Trinajstić information content (AvgIpc) is 2.16. The van der Waals surface area contributed by atoms with Crippen LogP contribution in [0.5, 0.6) is 0 Å². The lowest BCUT2D eigenvalue weighted by Crippen LogP contribution is -3.14. The summed E-state index contributed by atoms with van der Waals surface area (Å²) in [6, 6.07) is 0. The highest BCUT2D eigenvalue weighted by molar-refractivity contribution is 4.89. The summed E-state index contributed by atoms with van der Waals surface area (Å²) in [5.74, 6) is 0.720. The number of rotatable bonds is 6. The third kappa shape index (κ3) is 5.64. The zero-order valence-electron chi connectivity index (χ0n) is 10.5. The van der Waals surface area contributed by atoms with Crippen molar-refractivity contribution in [3.8, 4) is 0 Å². The van der Waals surface area contributed by atoms with Gasteiger partial charge >= 0.3 is 0 Å². The number of quaternary nitrogens is 1. The summed E-state index contributed by atoms with van der Waals surface area (Å²) in [5.41, 5.74) is 0. The van der Waals surface area contributed by atoms with Gasteiger partial charge in [0.1, 0.15) is 25.3 Å². The molecule has 3 nitrogen and oxygen atoms in total. The molecule has 0 fully saturated rings. The van der Waals surface area contributed by atoms with E-state index in [1.165, 1.54) is 17.7 Å². The largest absolute Gasteiger partial charge is 0.388 e. The maximum absolute atomic E-state index is 9.45. The topological polar surface area (TPSA) is 44.9 Å². The molecule has 0 aromatic heterocycles. The first-order valence-electron chi connectivity index (χ1n) is 6.42. The number of aliphatic hydroxyl groups excluding tert-OH is 2. The van der Waals surface area contributed by atoms with Crippen LogP contribution < -0.4 is 4.90 Å². The minimum absolute atomic E-state index is 0.284. The Morgan fingerprint density at radius 3 is 2.25 bits per heavy atom. The van der Waals surface area contributed by atoms with Crippen molar-refractivity contribution in [3.05, 3.63) is 12.2 Å². The van der Waals surface area contributed by atoms with Gasteiger partial charge < -0.3 is 15.1 Å². The van der Waals surface area contributed by atoms with E-state index in [4.69, 9.17) is 0 Å². The zero-order chi connectivity index (χ0) is 12.0. The lowest BCUT2D eigenvalue weighted by Gasteiger charge is -2.27. The van der Waals surface area contributed by atoms with Gasteiger partial charge in [-0.15, -0.1) is 0 Å². The van der Waals surface area contributed by atoms with Gasteiger partial charge in [-0.2, -0.15) is 0 Å². The zero-order valence-corrected chi connectivity index (χ0v) is 10.5. The van der Waals surface area contributed by atoms with Crippen LogP contribution >= 0.6 is 0 Å². The van der Waals surface area contributed by atoms with Crippen LogP contribution in [0, 0.1) is 5.92 Å². The number of allylic oxidation sites excluding steroid dienone is 2. The van der Waals surface area contributed by atoms with Gasteiger partial charge in [-0.3, -0.25) is 0 Å². The van der Waals surface area contributed by atoms with E-state index in [0.29, 0.717) is 0 Å². The molecular weight excluding hydrogens is 202 g/mol. The van der Waals surface area contributed by atoms with E-state index in [-0.39, 0.29) is 12.2 Å². The first-order valence-corrected chi connectivity index (χ1v) is 6.42. The highest BCUT2D eigenvalue weighted by Gasteiger charge is 2.20. The Morgan fingerprint density at radius 2 is 1.81 bits per heavy atom. The molecule has 1 unspecified atom stereocenters. The summed E-state index contributed by atoms with van der Waals surface area (Å²) in [6.45, 7) is 6.20. The molecule has 4 atom stereocenters. The monoisotopic (exact) mass is 228 g/mol. The molecule has 0 saturated heterocycles. The maximum Gasteiger partial charge on any atom is 0.103 e. The van der Waals surface area contributed by atoms with E-state index in [0.717, 1.165) is 32.0 Å². The fraction of sp³-hybridized carbons (Fsp3) is 0.846. The third-order valence-electron chi connectivity index (χ3n) is 3.12. The van der Waals surface area contributed by atoms with Gasteiger partial charge in [-0.05, 0) is 33.1 Å². The quantitative estimate of drug-likeness (QED) is 0.560. The third-order valence-corrected chi connectivity index (χ3v) is 3.12. The fourth-order valence-electron chi connectivity index (χ4n) is 2.54. The summed E-state index contributed by atoms with van der Waals surface area (Å²) in [7, 11) is 0. The number of nitrogens with one attached hydrogen (secondary N) is 1. The first kappa shape index (κ1) is 13.7. The van der Waals surface area contributed by atoms with Crippen LogP contribution in [0.4, 0.5) is 0 Å². The van der Waals surface area contributed by atoms with Crippen molar-refractivity contribution < 1.29 is 15.1 Å². The molecule has 0 amide bonds. The molecule has 0 aromatic rings. The molecule has 0 aromatic carbocycles. The predicted octanol–water partition coefficient (Wildman–Crippen LogP) is -0.0108. The Kier molecular flexibility index (Phi) is 6.03. The van der Waals surface area contributed by atoms with Crippen LogP contribution in [0.25, 0.3) is 0 Å². The Morgan fingerprint density at radius 1 is 1.19 bits per heavy atom. The van der Waals surface area contributed by atoms with Gasteiger partial charge in [0.2, 0.25) is 0 Å². The van der Waals surface area contributed by atoms with Crippen molar-refractivity contribution in [3.63, 3.8) is 0 Å². The SMILES string of the molecule is C[C@H](O)C[NH+](C[C@@H]1CC=CCC1)C[C@@H](C)O. The van der Waals surface area contributed by atoms with Crippen molar-refractivity contribution >= 4 is 0 Å². The van der Waals surface area contributed by atoms with E-state index in [9.17, 15) is 10.2 Å². The van der Waals surface area contributed by atoms with Crippen molar-refractivity contribution in [1.82, 2.24) is 0 Å². The highest BCUT2D eigenvalue weighted by Crippen LogP contribution is 2.15. The molecule has 0 spiro atoms. The lowest BCUT2D eigenvalue weighted by molar-refractivity contribution is -0.909.